The number of methoxy groups -OCH3 is 2. The Morgan fingerprint density at radius 2 is 2.07 bits per heavy atom. The summed E-state index contributed by atoms with van der Waals surface area (Å²) in [7, 11) is 2.93. The highest BCUT2D eigenvalue weighted by Gasteiger charge is 2.33. The van der Waals surface area contributed by atoms with E-state index in [4.69, 9.17) is 9.47 Å². The van der Waals surface area contributed by atoms with Gasteiger partial charge in [-0.25, -0.2) is 4.79 Å². The van der Waals surface area contributed by atoms with Crippen LogP contribution in [-0.2, 0) is 4.74 Å². The summed E-state index contributed by atoms with van der Waals surface area (Å²) < 4.78 is 14.7. The number of benzene rings is 1. The molecule has 2 rings (SSSR count). The van der Waals surface area contributed by atoms with Gasteiger partial charge < -0.3 is 19.3 Å². The maximum atomic E-state index is 11.4. The number of fused-ring (bicyclic) bond motifs is 1. The largest absolute Gasteiger partial charge is 0.497 e. The molecule has 0 aliphatic carbocycles. The van der Waals surface area contributed by atoms with E-state index in [1.165, 1.54) is 14.2 Å². The summed E-state index contributed by atoms with van der Waals surface area (Å²) in [6, 6.07) is 3.12. The number of rotatable bonds is 2. The van der Waals surface area contributed by atoms with Crippen molar-refractivity contribution in [2.75, 3.05) is 14.2 Å². The first kappa shape index (κ1) is 9.79. The van der Waals surface area contributed by atoms with Gasteiger partial charge in [-0.05, 0) is 6.07 Å². The van der Waals surface area contributed by atoms with Crippen LogP contribution in [0.5, 0.6) is 11.5 Å². The Labute approximate surface area is 86.2 Å². The van der Waals surface area contributed by atoms with Gasteiger partial charge in [0.2, 0.25) is 6.29 Å². The number of carbonyl (C=O) groups is 1. The molecule has 0 bridgehead atoms. The lowest BCUT2D eigenvalue weighted by Crippen LogP contribution is -1.99. The third-order valence-corrected chi connectivity index (χ3v) is 2.25. The molecule has 5 heteroatoms. The van der Waals surface area contributed by atoms with Crippen molar-refractivity contribution >= 4 is 5.97 Å². The number of cyclic esters (lactones) is 1. The minimum absolute atomic E-state index is 0.255. The lowest BCUT2D eigenvalue weighted by Gasteiger charge is -2.07. The van der Waals surface area contributed by atoms with E-state index in [1.54, 1.807) is 12.1 Å². The van der Waals surface area contributed by atoms with Crippen molar-refractivity contribution in [3.8, 4) is 11.5 Å². The minimum atomic E-state index is -1.24. The lowest BCUT2D eigenvalue weighted by atomic mass is 10.1. The summed E-state index contributed by atoms with van der Waals surface area (Å²) >= 11 is 0. The molecule has 0 unspecified atom stereocenters. The molecule has 0 amide bonds. The molecule has 0 saturated carbocycles. The Kier molecular flexibility index (Phi) is 2.24. The van der Waals surface area contributed by atoms with Crippen LogP contribution in [0, 0.1) is 0 Å². The van der Waals surface area contributed by atoms with E-state index in [9.17, 15) is 9.90 Å². The van der Waals surface area contributed by atoms with E-state index >= 15 is 0 Å². The van der Waals surface area contributed by atoms with Crippen molar-refractivity contribution in [1.29, 1.82) is 0 Å². The molecule has 0 aromatic heterocycles. The fraction of sp³-hybridized carbons (Fsp3) is 0.300. The number of esters is 1. The molecule has 0 fully saturated rings. The van der Waals surface area contributed by atoms with Crippen LogP contribution in [0.3, 0.4) is 0 Å². The molecule has 0 saturated heterocycles. The highest BCUT2D eigenvalue weighted by atomic mass is 16.6. The molecule has 1 aromatic rings. The molecule has 1 aliphatic heterocycles. The monoisotopic (exact) mass is 210 g/mol. The van der Waals surface area contributed by atoms with Gasteiger partial charge in [0.1, 0.15) is 17.1 Å². The predicted octanol–water partition coefficient (Wildman–Crippen LogP) is 0.865. The maximum Gasteiger partial charge on any atom is 0.345 e. The Morgan fingerprint density at radius 1 is 1.33 bits per heavy atom. The van der Waals surface area contributed by atoms with Gasteiger partial charge in [-0.3, -0.25) is 0 Å². The van der Waals surface area contributed by atoms with Crippen LogP contribution in [0.2, 0.25) is 0 Å². The Hall–Kier alpha value is -1.75. The summed E-state index contributed by atoms with van der Waals surface area (Å²) in [6.07, 6.45) is -1.24. The van der Waals surface area contributed by atoms with Crippen LogP contribution in [0.4, 0.5) is 0 Å². The van der Waals surface area contributed by atoms with Crippen LogP contribution in [-0.4, -0.2) is 25.3 Å². The summed E-state index contributed by atoms with van der Waals surface area (Å²) in [6.45, 7) is 0. The Morgan fingerprint density at radius 3 is 2.67 bits per heavy atom. The molecule has 1 N–H and O–H groups in total. The SMILES string of the molecule is COc1cc(OC)c2c(c1)[C@H](O)OC2=O. The molecule has 1 aromatic carbocycles. The maximum absolute atomic E-state index is 11.4. The fourth-order valence-electron chi connectivity index (χ4n) is 1.53. The smallest absolute Gasteiger partial charge is 0.345 e. The number of aliphatic hydroxyl groups is 1. The number of carbonyl (C=O) groups excluding carboxylic acids is 1. The topological polar surface area (TPSA) is 65.0 Å². The van der Waals surface area contributed by atoms with Gasteiger partial charge in [0.05, 0.1) is 14.2 Å². The highest BCUT2D eigenvalue weighted by molar-refractivity contribution is 5.97. The van der Waals surface area contributed by atoms with Crippen LogP contribution in [0.15, 0.2) is 12.1 Å². The van der Waals surface area contributed by atoms with Gasteiger partial charge in [-0.15, -0.1) is 0 Å². The number of aliphatic hydroxyl groups excluding tert-OH is 1. The van der Waals surface area contributed by atoms with Crippen LogP contribution in [0.25, 0.3) is 0 Å². The first-order valence-corrected chi connectivity index (χ1v) is 4.32. The van der Waals surface area contributed by atoms with Gasteiger partial charge in [0, 0.05) is 11.6 Å². The first-order valence-electron chi connectivity index (χ1n) is 4.32. The summed E-state index contributed by atoms with van der Waals surface area (Å²) in [4.78, 5) is 11.4. The van der Waals surface area contributed by atoms with E-state index < -0.39 is 12.3 Å². The quantitative estimate of drug-likeness (QED) is 0.733. The highest BCUT2D eigenvalue weighted by Crippen LogP contribution is 2.38. The summed E-state index contributed by atoms with van der Waals surface area (Å²) in [5.41, 5.74) is 0.627. The lowest BCUT2D eigenvalue weighted by molar-refractivity contribution is -0.0548. The van der Waals surface area contributed by atoms with Crippen LogP contribution >= 0.6 is 0 Å². The minimum Gasteiger partial charge on any atom is -0.497 e. The third kappa shape index (κ3) is 1.41. The average Bonchev–Trinajstić information content (AvgIpc) is 2.53. The van der Waals surface area contributed by atoms with Crippen molar-refractivity contribution in [2.24, 2.45) is 0 Å². The standard InChI is InChI=1S/C10H10O5/c1-13-5-3-6-8(7(4-5)14-2)10(12)15-9(6)11/h3-4,9,11H,1-2H3/t9-/m1/s1. The molecular formula is C10H10O5. The zero-order valence-electron chi connectivity index (χ0n) is 8.31. The second-order valence-electron chi connectivity index (χ2n) is 3.05. The molecule has 0 spiro atoms. The van der Waals surface area contributed by atoms with E-state index in [0.29, 0.717) is 17.1 Å². The molecule has 0 radical (unpaired) electrons. The molecule has 80 valence electrons. The molecule has 1 heterocycles. The zero-order chi connectivity index (χ0) is 11.0. The van der Waals surface area contributed by atoms with Gasteiger partial charge in [-0.1, -0.05) is 0 Å². The molecule has 15 heavy (non-hydrogen) atoms. The van der Waals surface area contributed by atoms with E-state index in [0.717, 1.165) is 0 Å². The fourth-order valence-corrected chi connectivity index (χ4v) is 1.53. The van der Waals surface area contributed by atoms with Crippen molar-refractivity contribution in [3.05, 3.63) is 23.3 Å². The zero-order valence-corrected chi connectivity index (χ0v) is 8.31. The number of hydrogen-bond acceptors (Lipinski definition) is 5. The third-order valence-electron chi connectivity index (χ3n) is 2.25. The normalized spacial score (nSPS) is 18.3. The number of ether oxygens (including phenoxy) is 3. The second-order valence-corrected chi connectivity index (χ2v) is 3.05. The van der Waals surface area contributed by atoms with Gasteiger partial charge >= 0.3 is 5.97 Å². The molecule has 1 aliphatic rings. The first-order chi connectivity index (χ1) is 7.17. The van der Waals surface area contributed by atoms with Gasteiger partial charge in [0.25, 0.3) is 0 Å². The van der Waals surface area contributed by atoms with Gasteiger partial charge in [0.15, 0.2) is 0 Å². The molecule has 1 atom stereocenters. The van der Waals surface area contributed by atoms with Crippen molar-refractivity contribution in [3.63, 3.8) is 0 Å². The van der Waals surface area contributed by atoms with Crippen molar-refractivity contribution < 1.29 is 24.1 Å². The average molecular weight is 210 g/mol. The van der Waals surface area contributed by atoms with Crippen molar-refractivity contribution in [2.45, 2.75) is 6.29 Å². The van der Waals surface area contributed by atoms with Crippen LogP contribution < -0.4 is 9.47 Å². The predicted molar refractivity (Wildman–Crippen MR) is 49.9 cm³/mol. The second kappa shape index (κ2) is 3.43. The Balaban J connectivity index is 2.62. The van der Waals surface area contributed by atoms with E-state index in [1.807, 2.05) is 0 Å². The van der Waals surface area contributed by atoms with E-state index in [2.05, 4.69) is 4.74 Å². The summed E-state index contributed by atoms with van der Waals surface area (Å²) in [5.74, 6) is 0.255. The number of hydrogen-bond donors (Lipinski definition) is 1. The van der Waals surface area contributed by atoms with E-state index in [-0.39, 0.29) is 5.56 Å². The summed E-state index contributed by atoms with van der Waals surface area (Å²) in [5, 5.41) is 9.44. The molecule has 5 nitrogen and oxygen atoms in total. The van der Waals surface area contributed by atoms with Gasteiger partial charge in [-0.2, -0.15) is 0 Å². The Bertz CT molecular complexity index is 413. The molecular weight excluding hydrogens is 200 g/mol. The van der Waals surface area contributed by atoms with Crippen molar-refractivity contribution in [1.82, 2.24) is 0 Å². The van der Waals surface area contributed by atoms with Crippen LogP contribution in [0.1, 0.15) is 22.2 Å².